The zero-order valence-electron chi connectivity index (χ0n) is 10.7. The Balaban J connectivity index is 2.01. The first-order valence-corrected chi connectivity index (χ1v) is 6.73. The lowest BCUT2D eigenvalue weighted by Gasteiger charge is -2.21. The van der Waals surface area contributed by atoms with Gasteiger partial charge in [-0.3, -0.25) is 0 Å². The first kappa shape index (κ1) is 12.7. The van der Waals surface area contributed by atoms with Crippen LogP contribution in [0.25, 0.3) is 0 Å². The third-order valence-corrected chi connectivity index (χ3v) is 3.49. The zero-order chi connectivity index (χ0) is 12.8. The average Bonchev–Trinajstić information content (AvgIpc) is 2.34. The van der Waals surface area contributed by atoms with E-state index in [1.54, 1.807) is 6.07 Å². The minimum Gasteiger partial charge on any atom is -0.396 e. The van der Waals surface area contributed by atoms with Crippen molar-refractivity contribution in [3.8, 4) is 6.07 Å². The van der Waals surface area contributed by atoms with E-state index in [0.717, 1.165) is 5.82 Å². The Morgan fingerprint density at radius 3 is 2.50 bits per heavy atom. The molecule has 1 aromatic rings. The summed E-state index contributed by atoms with van der Waals surface area (Å²) in [7, 11) is 0. The molecule has 3 N–H and O–H groups in total. The molecule has 18 heavy (non-hydrogen) atoms. The van der Waals surface area contributed by atoms with Crippen LogP contribution in [0.5, 0.6) is 0 Å². The standard InChI is InChI=1S/C14H20N4/c15-10-13-12(16)8-9-14(18-13)17-11-6-4-2-1-3-5-7-11/h8-9,11H,1-7,16H2,(H,17,18). The van der Waals surface area contributed by atoms with Gasteiger partial charge in [0.1, 0.15) is 11.9 Å². The van der Waals surface area contributed by atoms with Gasteiger partial charge in [0.25, 0.3) is 0 Å². The third kappa shape index (κ3) is 3.36. The van der Waals surface area contributed by atoms with Gasteiger partial charge in [0.15, 0.2) is 5.69 Å². The van der Waals surface area contributed by atoms with E-state index in [1.165, 1.54) is 44.9 Å². The molecule has 1 fully saturated rings. The summed E-state index contributed by atoms with van der Waals surface area (Å²) in [5, 5.41) is 12.3. The Kier molecular flexibility index (Phi) is 4.40. The highest BCUT2D eigenvalue weighted by molar-refractivity contribution is 5.54. The quantitative estimate of drug-likeness (QED) is 0.838. The minimum absolute atomic E-state index is 0.311. The van der Waals surface area contributed by atoms with E-state index in [2.05, 4.69) is 10.3 Å². The van der Waals surface area contributed by atoms with E-state index in [0.29, 0.717) is 17.4 Å². The second-order valence-corrected chi connectivity index (χ2v) is 4.93. The molecule has 0 unspecified atom stereocenters. The van der Waals surface area contributed by atoms with Gasteiger partial charge in [0, 0.05) is 6.04 Å². The van der Waals surface area contributed by atoms with Crippen molar-refractivity contribution < 1.29 is 0 Å². The van der Waals surface area contributed by atoms with Gasteiger partial charge in [-0.15, -0.1) is 0 Å². The average molecular weight is 244 g/mol. The lowest BCUT2D eigenvalue weighted by Crippen LogP contribution is -2.21. The maximum Gasteiger partial charge on any atom is 0.165 e. The van der Waals surface area contributed by atoms with Crippen molar-refractivity contribution in [2.75, 3.05) is 11.1 Å². The zero-order valence-corrected chi connectivity index (χ0v) is 10.7. The predicted octanol–water partition coefficient (Wildman–Crippen LogP) is 3.06. The first-order valence-electron chi connectivity index (χ1n) is 6.73. The smallest absolute Gasteiger partial charge is 0.165 e. The molecular formula is C14H20N4. The Hall–Kier alpha value is -1.76. The fourth-order valence-corrected chi connectivity index (χ4v) is 2.45. The molecule has 0 aromatic carbocycles. The molecule has 2 rings (SSSR count). The van der Waals surface area contributed by atoms with Crippen LogP contribution in [0.3, 0.4) is 0 Å². The Morgan fingerprint density at radius 1 is 1.17 bits per heavy atom. The van der Waals surface area contributed by atoms with E-state index < -0.39 is 0 Å². The van der Waals surface area contributed by atoms with Crippen molar-refractivity contribution in [2.24, 2.45) is 0 Å². The lowest BCUT2D eigenvalue weighted by atomic mass is 9.97. The second-order valence-electron chi connectivity index (χ2n) is 4.93. The van der Waals surface area contributed by atoms with Gasteiger partial charge in [-0.2, -0.15) is 5.26 Å². The van der Waals surface area contributed by atoms with Crippen LogP contribution in [0.15, 0.2) is 12.1 Å². The van der Waals surface area contributed by atoms with Crippen LogP contribution in [-0.2, 0) is 0 Å². The van der Waals surface area contributed by atoms with Crippen LogP contribution in [0, 0.1) is 11.3 Å². The van der Waals surface area contributed by atoms with Gasteiger partial charge in [0.05, 0.1) is 5.69 Å². The summed E-state index contributed by atoms with van der Waals surface area (Å²) in [6, 6.07) is 6.10. The minimum atomic E-state index is 0.311. The predicted molar refractivity (Wildman–Crippen MR) is 73.1 cm³/mol. The van der Waals surface area contributed by atoms with Crippen molar-refractivity contribution in [1.29, 1.82) is 5.26 Å². The summed E-state index contributed by atoms with van der Waals surface area (Å²) in [4.78, 5) is 4.24. The van der Waals surface area contributed by atoms with E-state index in [4.69, 9.17) is 11.0 Å². The van der Waals surface area contributed by atoms with E-state index in [-0.39, 0.29) is 0 Å². The van der Waals surface area contributed by atoms with Crippen LogP contribution < -0.4 is 11.1 Å². The van der Waals surface area contributed by atoms with Crippen LogP contribution in [0.4, 0.5) is 11.5 Å². The topological polar surface area (TPSA) is 74.7 Å². The first-order chi connectivity index (χ1) is 8.79. The van der Waals surface area contributed by atoms with Crippen molar-refractivity contribution in [1.82, 2.24) is 4.98 Å². The summed E-state index contributed by atoms with van der Waals surface area (Å²) in [5.74, 6) is 0.770. The lowest BCUT2D eigenvalue weighted by molar-refractivity contribution is 0.471. The van der Waals surface area contributed by atoms with Crippen LogP contribution in [0.2, 0.25) is 0 Å². The summed E-state index contributed by atoms with van der Waals surface area (Å²) in [6.07, 6.45) is 8.95. The molecule has 0 saturated heterocycles. The highest BCUT2D eigenvalue weighted by Gasteiger charge is 2.12. The SMILES string of the molecule is N#Cc1nc(NC2CCCCCCC2)ccc1N. The van der Waals surface area contributed by atoms with E-state index in [1.807, 2.05) is 12.1 Å². The van der Waals surface area contributed by atoms with Crippen molar-refractivity contribution in [2.45, 2.75) is 51.0 Å². The van der Waals surface area contributed by atoms with Crippen LogP contribution in [0.1, 0.15) is 50.6 Å². The number of hydrogen-bond acceptors (Lipinski definition) is 4. The summed E-state index contributed by atoms with van der Waals surface area (Å²) in [6.45, 7) is 0. The van der Waals surface area contributed by atoms with Gasteiger partial charge in [-0.05, 0) is 25.0 Å². The molecule has 0 bridgehead atoms. The molecule has 1 saturated carbocycles. The van der Waals surface area contributed by atoms with Crippen molar-refractivity contribution >= 4 is 11.5 Å². The number of pyridine rings is 1. The fraction of sp³-hybridized carbons (Fsp3) is 0.571. The van der Waals surface area contributed by atoms with Gasteiger partial charge in [-0.1, -0.05) is 32.1 Å². The molecule has 1 heterocycles. The molecule has 0 radical (unpaired) electrons. The fourth-order valence-electron chi connectivity index (χ4n) is 2.45. The summed E-state index contributed by atoms with van der Waals surface area (Å²) >= 11 is 0. The Morgan fingerprint density at radius 2 is 1.83 bits per heavy atom. The number of nitriles is 1. The van der Waals surface area contributed by atoms with E-state index >= 15 is 0 Å². The maximum absolute atomic E-state index is 8.91. The summed E-state index contributed by atoms with van der Waals surface area (Å²) in [5.41, 5.74) is 6.42. The molecule has 0 aliphatic heterocycles. The van der Waals surface area contributed by atoms with E-state index in [9.17, 15) is 0 Å². The molecule has 96 valence electrons. The number of nitrogen functional groups attached to an aromatic ring is 1. The van der Waals surface area contributed by atoms with Gasteiger partial charge >= 0.3 is 0 Å². The Bertz CT molecular complexity index is 428. The van der Waals surface area contributed by atoms with Crippen molar-refractivity contribution in [3.63, 3.8) is 0 Å². The van der Waals surface area contributed by atoms with Gasteiger partial charge in [0.2, 0.25) is 0 Å². The molecule has 0 spiro atoms. The molecule has 0 amide bonds. The number of hydrogen-bond donors (Lipinski definition) is 2. The molecule has 4 heteroatoms. The highest BCUT2D eigenvalue weighted by atomic mass is 15.0. The van der Waals surface area contributed by atoms with Crippen LogP contribution >= 0.6 is 0 Å². The molecule has 1 aromatic heterocycles. The molecule has 1 aliphatic carbocycles. The maximum atomic E-state index is 8.91. The van der Waals surface area contributed by atoms with Gasteiger partial charge < -0.3 is 11.1 Å². The molecule has 0 atom stereocenters. The summed E-state index contributed by atoms with van der Waals surface area (Å²) < 4.78 is 0. The number of nitrogens with two attached hydrogens (primary N) is 1. The number of anilines is 2. The largest absolute Gasteiger partial charge is 0.396 e. The highest BCUT2D eigenvalue weighted by Crippen LogP contribution is 2.21. The molecular weight excluding hydrogens is 224 g/mol. The normalized spacial score (nSPS) is 17.5. The van der Waals surface area contributed by atoms with Crippen LogP contribution in [-0.4, -0.2) is 11.0 Å². The van der Waals surface area contributed by atoms with Crippen molar-refractivity contribution in [3.05, 3.63) is 17.8 Å². The number of aromatic nitrogens is 1. The monoisotopic (exact) mass is 244 g/mol. The Labute approximate surface area is 108 Å². The number of nitrogens with zero attached hydrogens (tertiary/aromatic N) is 2. The van der Waals surface area contributed by atoms with Gasteiger partial charge in [-0.25, -0.2) is 4.98 Å². The number of nitrogens with one attached hydrogen (secondary N) is 1. The number of rotatable bonds is 2. The second kappa shape index (κ2) is 6.25. The third-order valence-electron chi connectivity index (χ3n) is 3.49. The molecule has 1 aliphatic rings. The molecule has 4 nitrogen and oxygen atoms in total.